The second kappa shape index (κ2) is 10.8. The molecule has 0 spiro atoms. The van der Waals surface area contributed by atoms with E-state index in [9.17, 15) is 0 Å². The molecule has 2 N–H and O–H groups in total. The number of anilines is 1. The maximum absolute atomic E-state index is 5.56. The van der Waals surface area contributed by atoms with Gasteiger partial charge in [-0.15, -0.1) is 23.5 Å². The van der Waals surface area contributed by atoms with Crippen molar-refractivity contribution in [1.82, 2.24) is 5.32 Å². The third-order valence-electron chi connectivity index (χ3n) is 5.46. The number of thioether (sulfide) groups is 3. The molecule has 0 amide bonds. The first-order valence-electron chi connectivity index (χ1n) is 9.64. The van der Waals surface area contributed by atoms with Crippen LogP contribution in [-0.4, -0.2) is 41.8 Å². The first-order chi connectivity index (χ1) is 14.5. The van der Waals surface area contributed by atoms with Gasteiger partial charge >= 0.3 is 0 Å². The van der Waals surface area contributed by atoms with Crippen molar-refractivity contribution < 1.29 is 4.74 Å². The van der Waals surface area contributed by atoms with E-state index < -0.39 is 0 Å². The van der Waals surface area contributed by atoms with Gasteiger partial charge in [0.2, 0.25) is 0 Å². The van der Waals surface area contributed by atoms with Crippen LogP contribution in [0.25, 0.3) is 0 Å². The molecule has 0 fully saturated rings. The quantitative estimate of drug-likeness (QED) is 0.240. The summed E-state index contributed by atoms with van der Waals surface area (Å²) >= 11 is 11.5. The minimum atomic E-state index is -0.165. The zero-order valence-electron chi connectivity index (χ0n) is 18.0. The summed E-state index contributed by atoms with van der Waals surface area (Å²) in [5.74, 6) is 0.860. The highest BCUT2D eigenvalue weighted by molar-refractivity contribution is 8.27. The summed E-state index contributed by atoms with van der Waals surface area (Å²) in [4.78, 5) is 1.53. The number of ether oxygens (including phenoxy) is 1. The smallest absolute Gasteiger partial charge is 0.171 e. The fourth-order valence-electron chi connectivity index (χ4n) is 3.67. The summed E-state index contributed by atoms with van der Waals surface area (Å²) in [6.07, 6.45) is 10.4. The van der Waals surface area contributed by atoms with E-state index in [1.807, 2.05) is 59.6 Å². The summed E-state index contributed by atoms with van der Waals surface area (Å²) in [5.41, 5.74) is 3.68. The Kier molecular flexibility index (Phi) is 8.61. The van der Waals surface area contributed by atoms with Crippen molar-refractivity contribution in [3.63, 3.8) is 0 Å². The van der Waals surface area contributed by atoms with Gasteiger partial charge in [0.1, 0.15) is 5.75 Å². The van der Waals surface area contributed by atoms with Crippen LogP contribution in [0.5, 0.6) is 5.75 Å². The lowest BCUT2D eigenvalue weighted by Gasteiger charge is -2.45. The monoisotopic (exact) mass is 498 g/mol. The Labute approximate surface area is 201 Å². The summed E-state index contributed by atoms with van der Waals surface area (Å²) in [6.45, 7) is 0.677. The molecule has 2 unspecified atom stereocenters. The van der Waals surface area contributed by atoms with Crippen LogP contribution in [-0.2, 0) is 10.6 Å². The number of nitrogens with one attached hydrogen (secondary N) is 2. The SMILES string of the molecule is COc1ccc(CNC(=S)Nc2ccc3c(c2)C(SC)(SC)CC(SC)[SH]3C)cc1. The van der Waals surface area contributed by atoms with Crippen LogP contribution in [0.15, 0.2) is 47.4 Å². The van der Waals surface area contributed by atoms with Crippen LogP contribution in [0.3, 0.4) is 0 Å². The van der Waals surface area contributed by atoms with Crippen molar-refractivity contribution >= 4 is 69.2 Å². The van der Waals surface area contributed by atoms with Crippen LogP contribution in [0.1, 0.15) is 17.5 Å². The second-order valence-electron chi connectivity index (χ2n) is 7.05. The van der Waals surface area contributed by atoms with E-state index in [4.69, 9.17) is 17.0 Å². The molecule has 3 rings (SSSR count). The highest BCUT2D eigenvalue weighted by Gasteiger charge is 2.41. The Balaban J connectivity index is 1.73. The molecule has 30 heavy (non-hydrogen) atoms. The van der Waals surface area contributed by atoms with Gasteiger partial charge in [0.25, 0.3) is 0 Å². The summed E-state index contributed by atoms with van der Waals surface area (Å²) in [7, 11) is 1.51. The first-order valence-corrected chi connectivity index (χ1v) is 15.6. The Hall–Kier alpha value is -0.670. The molecule has 0 saturated heterocycles. The van der Waals surface area contributed by atoms with Gasteiger partial charge in [0, 0.05) is 16.8 Å². The molecule has 1 aliphatic rings. The molecule has 0 aliphatic carbocycles. The van der Waals surface area contributed by atoms with Gasteiger partial charge in [0.05, 0.1) is 11.2 Å². The topological polar surface area (TPSA) is 33.3 Å². The highest BCUT2D eigenvalue weighted by atomic mass is 32.2. The molecule has 1 heterocycles. The van der Waals surface area contributed by atoms with Crippen molar-refractivity contribution in [2.24, 2.45) is 0 Å². The van der Waals surface area contributed by atoms with E-state index >= 15 is 0 Å². The minimum Gasteiger partial charge on any atom is -0.497 e. The zero-order valence-corrected chi connectivity index (χ0v) is 22.2. The van der Waals surface area contributed by atoms with E-state index in [1.165, 1.54) is 16.9 Å². The molecule has 0 bridgehead atoms. The van der Waals surface area contributed by atoms with Gasteiger partial charge in [-0.2, -0.15) is 11.8 Å². The number of rotatable bonds is 7. The Bertz CT molecular complexity index is 870. The van der Waals surface area contributed by atoms with Gasteiger partial charge in [-0.05, 0) is 90.0 Å². The largest absolute Gasteiger partial charge is 0.497 e. The predicted molar refractivity (Wildman–Crippen MR) is 146 cm³/mol. The highest BCUT2D eigenvalue weighted by Crippen LogP contribution is 2.62. The number of hydrogen-bond donors (Lipinski definition) is 3. The van der Waals surface area contributed by atoms with Crippen molar-refractivity contribution in [2.45, 2.75) is 26.5 Å². The predicted octanol–water partition coefficient (Wildman–Crippen LogP) is 6.14. The maximum atomic E-state index is 5.56. The molecule has 0 saturated carbocycles. The van der Waals surface area contributed by atoms with Crippen LogP contribution in [0.2, 0.25) is 0 Å². The van der Waals surface area contributed by atoms with Crippen molar-refractivity contribution in [3.8, 4) is 5.75 Å². The number of hydrogen-bond acceptors (Lipinski definition) is 5. The Morgan fingerprint density at radius 1 is 1.17 bits per heavy atom. The lowest BCUT2D eigenvalue weighted by Crippen LogP contribution is -2.30. The standard InChI is InChI=1S/C22H30N2OS5/c1-25-17-9-6-15(7-10-17)14-23-21(26)24-16-8-11-19-18(12-16)22(28-3,29-4)13-20(27-2)30(19)5/h6-12,20,30H,13-14H2,1-5H3,(H2,23,24,26). The molecule has 0 aromatic heterocycles. The van der Waals surface area contributed by atoms with Crippen LogP contribution < -0.4 is 15.4 Å². The average Bonchev–Trinajstić information content (AvgIpc) is 2.79. The van der Waals surface area contributed by atoms with Crippen molar-refractivity contribution in [2.75, 3.05) is 37.4 Å². The normalized spacial score (nSPS) is 20.8. The number of methoxy groups -OCH3 is 1. The maximum Gasteiger partial charge on any atom is 0.171 e. The lowest BCUT2D eigenvalue weighted by atomic mass is 10.1. The summed E-state index contributed by atoms with van der Waals surface area (Å²) < 4.78 is 6.03. The van der Waals surface area contributed by atoms with Crippen molar-refractivity contribution in [3.05, 3.63) is 53.6 Å². The molecule has 0 radical (unpaired) electrons. The molecule has 2 atom stereocenters. The van der Waals surface area contributed by atoms with Crippen LogP contribution in [0.4, 0.5) is 5.69 Å². The van der Waals surface area contributed by atoms with Gasteiger partial charge in [-0.25, -0.2) is 10.9 Å². The first kappa shape index (κ1) is 24.0. The third-order valence-corrected chi connectivity index (χ3v) is 13.3. The third kappa shape index (κ3) is 5.21. The summed E-state index contributed by atoms with van der Waals surface area (Å²) in [6, 6.07) is 14.8. The van der Waals surface area contributed by atoms with E-state index in [0.29, 0.717) is 16.2 Å². The van der Waals surface area contributed by atoms with Crippen molar-refractivity contribution in [1.29, 1.82) is 0 Å². The molecular weight excluding hydrogens is 469 g/mol. The molecule has 3 nitrogen and oxygen atoms in total. The van der Waals surface area contributed by atoms with Crippen LogP contribution >= 0.6 is 58.4 Å². The second-order valence-corrected chi connectivity index (χ2v) is 13.6. The molecule has 164 valence electrons. The molecule has 1 aliphatic heterocycles. The molecular formula is C22H30N2OS5. The number of fused-ring (bicyclic) bond motifs is 1. The van der Waals surface area contributed by atoms with E-state index in [1.54, 1.807) is 7.11 Å². The number of thiol groups is 1. The van der Waals surface area contributed by atoms with Gasteiger partial charge < -0.3 is 15.4 Å². The zero-order chi connectivity index (χ0) is 21.7. The fraction of sp³-hybridized carbons (Fsp3) is 0.409. The van der Waals surface area contributed by atoms with Gasteiger partial charge in [0.15, 0.2) is 5.11 Å². The van der Waals surface area contributed by atoms with E-state index in [2.05, 4.69) is 53.9 Å². The number of benzene rings is 2. The molecule has 2 aromatic rings. The summed E-state index contributed by atoms with van der Waals surface area (Å²) in [5, 5.41) is 7.34. The average molecular weight is 499 g/mol. The Morgan fingerprint density at radius 2 is 1.87 bits per heavy atom. The van der Waals surface area contributed by atoms with E-state index in [0.717, 1.165) is 17.0 Å². The minimum absolute atomic E-state index is 0.105. The molecule has 2 aromatic carbocycles. The van der Waals surface area contributed by atoms with Crippen LogP contribution in [0, 0.1) is 0 Å². The van der Waals surface area contributed by atoms with E-state index in [-0.39, 0.29) is 15.0 Å². The number of thiocarbonyl (C=S) groups is 1. The van der Waals surface area contributed by atoms with Gasteiger partial charge in [-0.3, -0.25) is 0 Å². The molecule has 8 heteroatoms. The van der Waals surface area contributed by atoms with Gasteiger partial charge in [-0.1, -0.05) is 12.1 Å². The fourth-order valence-corrected chi connectivity index (χ4v) is 10.4. The lowest BCUT2D eigenvalue weighted by molar-refractivity contribution is 0.414. The Morgan fingerprint density at radius 3 is 2.47 bits per heavy atom.